The predicted molar refractivity (Wildman–Crippen MR) is 29.5 cm³/mol. The monoisotopic (exact) mass is 114 g/mol. The first-order chi connectivity index (χ1) is 3.81. The number of rotatable bonds is 1. The smallest absolute Gasteiger partial charge is 0.274 e. The third-order valence-electron chi connectivity index (χ3n) is 0.419. The van der Waals surface area contributed by atoms with Crippen molar-refractivity contribution >= 4 is 12.2 Å². The van der Waals surface area contributed by atoms with Gasteiger partial charge in [0, 0.05) is 6.08 Å². The Bertz CT molecular complexity index is 114. The maximum absolute atomic E-state index is 10.1. The number of hydrogen-bond acceptors (Lipinski definition) is 2. The van der Waals surface area contributed by atoms with E-state index in [1.807, 2.05) is 0 Å². The van der Waals surface area contributed by atoms with Crippen LogP contribution < -0.4 is 5.73 Å². The first kappa shape index (κ1) is 6.68. The molecule has 0 spiro atoms. The van der Waals surface area contributed by atoms with E-state index in [2.05, 4.69) is 4.99 Å². The SMILES string of the molecule is NC=NC(=O)/C=C/O. The van der Waals surface area contributed by atoms with Gasteiger partial charge in [0.05, 0.1) is 12.6 Å². The molecule has 1 amide bonds. The normalized spacial score (nSPS) is 11.0. The number of nitrogens with two attached hydrogens (primary N) is 1. The van der Waals surface area contributed by atoms with Gasteiger partial charge < -0.3 is 10.8 Å². The van der Waals surface area contributed by atoms with Gasteiger partial charge >= 0.3 is 0 Å². The molecule has 0 saturated carbocycles. The molecular formula is C4H6N2O2. The lowest BCUT2D eigenvalue weighted by Crippen LogP contribution is -1.94. The Morgan fingerprint density at radius 3 is 2.75 bits per heavy atom. The molecule has 8 heavy (non-hydrogen) atoms. The Kier molecular flexibility index (Phi) is 3.22. The molecule has 4 heteroatoms. The zero-order valence-corrected chi connectivity index (χ0v) is 4.11. The van der Waals surface area contributed by atoms with Crippen LogP contribution in [-0.2, 0) is 4.79 Å². The van der Waals surface area contributed by atoms with Gasteiger partial charge in [-0.25, -0.2) is 4.99 Å². The van der Waals surface area contributed by atoms with E-state index in [1.54, 1.807) is 0 Å². The first-order valence-electron chi connectivity index (χ1n) is 1.90. The lowest BCUT2D eigenvalue weighted by molar-refractivity contribution is -0.113. The molecule has 0 aliphatic heterocycles. The topological polar surface area (TPSA) is 75.7 Å². The number of carbonyl (C=O) groups is 1. The second kappa shape index (κ2) is 3.86. The van der Waals surface area contributed by atoms with Crippen LogP contribution in [0.25, 0.3) is 0 Å². The molecular weight excluding hydrogens is 108 g/mol. The van der Waals surface area contributed by atoms with Crippen molar-refractivity contribution in [3.8, 4) is 0 Å². The molecule has 0 radical (unpaired) electrons. The van der Waals surface area contributed by atoms with Gasteiger partial charge in [0.2, 0.25) is 0 Å². The molecule has 0 atom stereocenters. The largest absolute Gasteiger partial charge is 0.515 e. The van der Waals surface area contributed by atoms with Crippen molar-refractivity contribution in [2.24, 2.45) is 10.7 Å². The molecule has 0 aromatic carbocycles. The highest BCUT2D eigenvalue weighted by molar-refractivity contribution is 5.92. The summed E-state index contributed by atoms with van der Waals surface area (Å²) in [5, 5.41) is 7.95. The maximum Gasteiger partial charge on any atom is 0.274 e. The van der Waals surface area contributed by atoms with E-state index < -0.39 is 5.91 Å². The molecule has 0 unspecified atom stereocenters. The summed E-state index contributed by atoms with van der Waals surface area (Å²) in [5.41, 5.74) is 4.73. The fourth-order valence-electron chi connectivity index (χ4n) is 0.180. The minimum absolute atomic E-state index is 0.574. The average Bonchev–Trinajstić information content (AvgIpc) is 1.68. The third-order valence-corrected chi connectivity index (χ3v) is 0.419. The van der Waals surface area contributed by atoms with E-state index in [4.69, 9.17) is 10.8 Å². The fraction of sp³-hybridized carbons (Fsp3) is 0. The number of aliphatic hydroxyl groups excluding tert-OH is 1. The lowest BCUT2D eigenvalue weighted by Gasteiger charge is -1.75. The highest BCUT2D eigenvalue weighted by Gasteiger charge is 1.83. The summed E-state index contributed by atoms with van der Waals surface area (Å²) in [6.07, 6.45) is 2.36. The van der Waals surface area contributed by atoms with Gasteiger partial charge in [-0.2, -0.15) is 0 Å². The van der Waals surface area contributed by atoms with Crippen LogP contribution in [0.15, 0.2) is 17.3 Å². The van der Waals surface area contributed by atoms with E-state index in [-0.39, 0.29) is 0 Å². The molecule has 3 N–H and O–H groups in total. The minimum atomic E-state index is -0.574. The van der Waals surface area contributed by atoms with Crippen molar-refractivity contribution in [2.45, 2.75) is 0 Å². The lowest BCUT2D eigenvalue weighted by atomic mass is 10.6. The van der Waals surface area contributed by atoms with Gasteiger partial charge in [-0.05, 0) is 0 Å². The Hall–Kier alpha value is -1.32. The van der Waals surface area contributed by atoms with Crippen LogP contribution in [-0.4, -0.2) is 17.4 Å². The van der Waals surface area contributed by atoms with E-state index in [0.717, 1.165) is 12.4 Å². The fourth-order valence-corrected chi connectivity index (χ4v) is 0.180. The molecule has 0 saturated heterocycles. The van der Waals surface area contributed by atoms with Crippen molar-refractivity contribution in [1.29, 1.82) is 0 Å². The predicted octanol–water partition coefficient (Wildman–Crippen LogP) is -0.428. The molecule has 0 bridgehead atoms. The maximum atomic E-state index is 10.1. The van der Waals surface area contributed by atoms with Crippen molar-refractivity contribution in [2.75, 3.05) is 0 Å². The van der Waals surface area contributed by atoms with Gasteiger partial charge in [0.1, 0.15) is 0 Å². The van der Waals surface area contributed by atoms with Gasteiger partial charge in [-0.15, -0.1) is 0 Å². The minimum Gasteiger partial charge on any atom is -0.515 e. The molecule has 0 aromatic rings. The molecule has 4 nitrogen and oxygen atoms in total. The number of carbonyl (C=O) groups excluding carboxylic acids is 1. The van der Waals surface area contributed by atoms with E-state index >= 15 is 0 Å². The number of nitrogens with zero attached hydrogens (tertiary/aromatic N) is 1. The van der Waals surface area contributed by atoms with Crippen molar-refractivity contribution in [3.05, 3.63) is 12.3 Å². The Morgan fingerprint density at radius 1 is 1.75 bits per heavy atom. The van der Waals surface area contributed by atoms with Gasteiger partial charge in [-0.1, -0.05) is 0 Å². The number of aliphatic hydroxyl groups is 1. The summed E-state index contributed by atoms with van der Waals surface area (Å²) in [7, 11) is 0. The molecule has 0 heterocycles. The molecule has 44 valence electrons. The van der Waals surface area contributed by atoms with Crippen molar-refractivity contribution in [1.82, 2.24) is 0 Å². The van der Waals surface area contributed by atoms with Crippen LogP contribution in [0.1, 0.15) is 0 Å². The number of hydrogen-bond donors (Lipinski definition) is 2. The summed E-state index contributed by atoms with van der Waals surface area (Å²) >= 11 is 0. The molecule has 0 fully saturated rings. The highest BCUT2D eigenvalue weighted by atomic mass is 16.2. The van der Waals surface area contributed by atoms with Crippen LogP contribution in [0.4, 0.5) is 0 Å². The zero-order chi connectivity index (χ0) is 6.41. The second-order valence-corrected chi connectivity index (χ2v) is 0.932. The molecule has 0 aliphatic carbocycles. The summed E-state index contributed by atoms with van der Waals surface area (Å²) < 4.78 is 0. The van der Waals surface area contributed by atoms with Crippen LogP contribution in [0.3, 0.4) is 0 Å². The van der Waals surface area contributed by atoms with Crippen LogP contribution in [0.5, 0.6) is 0 Å². The Morgan fingerprint density at radius 2 is 2.38 bits per heavy atom. The molecule has 0 aliphatic rings. The summed E-state index contributed by atoms with van der Waals surface area (Å²) in [5.74, 6) is -0.574. The second-order valence-electron chi connectivity index (χ2n) is 0.932. The molecule has 0 rings (SSSR count). The third kappa shape index (κ3) is 2.89. The first-order valence-corrected chi connectivity index (χ1v) is 1.90. The average molecular weight is 114 g/mol. The highest BCUT2D eigenvalue weighted by Crippen LogP contribution is 1.72. The van der Waals surface area contributed by atoms with E-state index in [1.165, 1.54) is 0 Å². The molecule has 0 aromatic heterocycles. The zero-order valence-electron chi connectivity index (χ0n) is 4.11. The number of amides is 1. The summed E-state index contributed by atoms with van der Waals surface area (Å²) in [6, 6.07) is 0. The standard InChI is InChI=1S/C4H6N2O2/c5-3-6-4(8)1-2-7/h1-3,7H,(H2,5,6,8)/b2-1+. The quantitative estimate of drug-likeness (QED) is 0.210. The van der Waals surface area contributed by atoms with E-state index in [9.17, 15) is 4.79 Å². The summed E-state index contributed by atoms with van der Waals surface area (Å²) in [4.78, 5) is 13.2. The van der Waals surface area contributed by atoms with Gasteiger partial charge in [0.25, 0.3) is 5.91 Å². The number of aliphatic imine (C=N–C) groups is 1. The van der Waals surface area contributed by atoms with Gasteiger partial charge in [-0.3, -0.25) is 4.79 Å². The van der Waals surface area contributed by atoms with Crippen molar-refractivity contribution < 1.29 is 9.90 Å². The van der Waals surface area contributed by atoms with Gasteiger partial charge in [0.15, 0.2) is 0 Å². The summed E-state index contributed by atoms with van der Waals surface area (Å²) in [6.45, 7) is 0. The Labute approximate surface area is 46.3 Å². The van der Waals surface area contributed by atoms with Crippen molar-refractivity contribution in [3.63, 3.8) is 0 Å². The van der Waals surface area contributed by atoms with Crippen LogP contribution in [0, 0.1) is 0 Å². The van der Waals surface area contributed by atoms with E-state index in [0.29, 0.717) is 6.26 Å². The van der Waals surface area contributed by atoms with Crippen LogP contribution >= 0.6 is 0 Å². The van der Waals surface area contributed by atoms with Crippen LogP contribution in [0.2, 0.25) is 0 Å². The Balaban J connectivity index is 3.66.